The van der Waals surface area contributed by atoms with Gasteiger partial charge >= 0.3 is 0 Å². The maximum atomic E-state index is 15.4. The van der Waals surface area contributed by atoms with Gasteiger partial charge in [-0.1, -0.05) is 19.1 Å². The average molecular weight is 843 g/mol. The molecule has 3 fully saturated rings. The minimum Gasteiger partial charge on any atom is -0.384 e. The number of carbonyl (C=O) groups excluding carboxylic acids is 3. The number of piperidine rings is 2. The fourth-order valence-electron chi connectivity index (χ4n) is 10.6. The molecule has 1 unspecified atom stereocenters. The highest BCUT2D eigenvalue weighted by atomic mass is 19.1. The lowest BCUT2D eigenvalue weighted by atomic mass is 9.93. The van der Waals surface area contributed by atoms with Gasteiger partial charge in [0.25, 0.3) is 5.91 Å². The number of pyridine rings is 1. The Morgan fingerprint density at radius 2 is 1.68 bits per heavy atom. The van der Waals surface area contributed by atoms with E-state index in [1.54, 1.807) is 10.6 Å². The van der Waals surface area contributed by atoms with Crippen molar-refractivity contribution >= 4 is 46.1 Å². The number of carbonyl (C=O) groups is 3. The molecule has 5 aromatic rings. The number of imide groups is 1. The van der Waals surface area contributed by atoms with Gasteiger partial charge in [-0.2, -0.15) is 4.98 Å². The van der Waals surface area contributed by atoms with Crippen molar-refractivity contribution in [3.63, 3.8) is 0 Å². The Balaban J connectivity index is 0.693. The highest BCUT2D eigenvalue weighted by Gasteiger charge is 2.42. The molecule has 11 rings (SSSR count). The van der Waals surface area contributed by atoms with Gasteiger partial charge < -0.3 is 20.2 Å². The van der Waals surface area contributed by atoms with Gasteiger partial charge in [0, 0.05) is 88.0 Å². The number of halogens is 2. The quantitative estimate of drug-likeness (QED) is 0.184. The Morgan fingerprint density at radius 1 is 0.855 bits per heavy atom. The Bertz CT molecular complexity index is 2680. The van der Waals surface area contributed by atoms with Crippen molar-refractivity contribution in [1.29, 1.82) is 0 Å². The first-order valence-electron chi connectivity index (χ1n) is 21.9. The van der Waals surface area contributed by atoms with Crippen LogP contribution >= 0.6 is 0 Å². The van der Waals surface area contributed by atoms with Crippen LogP contribution in [-0.4, -0.2) is 108 Å². The van der Waals surface area contributed by atoms with Crippen molar-refractivity contribution < 1.29 is 28.3 Å². The molecule has 1 aliphatic carbocycles. The van der Waals surface area contributed by atoms with E-state index in [4.69, 9.17) is 9.97 Å². The van der Waals surface area contributed by atoms with Crippen LogP contribution < -0.4 is 15.5 Å². The predicted molar refractivity (Wildman–Crippen MR) is 226 cm³/mol. The number of nitrogens with zero attached hydrogens (tertiary/aromatic N) is 8. The third kappa shape index (κ3) is 6.61. The first-order chi connectivity index (χ1) is 30.0. The molecule has 0 bridgehead atoms. The number of aromatic nitrogens is 4. The lowest BCUT2D eigenvalue weighted by Crippen LogP contribution is -2.62. The molecule has 2 aromatic carbocycles. The first-order valence-corrected chi connectivity index (χ1v) is 21.9. The van der Waals surface area contributed by atoms with Gasteiger partial charge in [-0.3, -0.25) is 34.1 Å². The van der Waals surface area contributed by atoms with Crippen molar-refractivity contribution in [3.8, 4) is 5.82 Å². The zero-order valence-corrected chi connectivity index (χ0v) is 34.5. The van der Waals surface area contributed by atoms with Crippen LogP contribution in [0, 0.1) is 11.6 Å². The van der Waals surface area contributed by atoms with Crippen LogP contribution in [0.3, 0.4) is 0 Å². The van der Waals surface area contributed by atoms with Crippen LogP contribution in [0.25, 0.3) is 16.9 Å². The van der Waals surface area contributed by atoms with Crippen LogP contribution in [0.4, 0.5) is 26.1 Å². The second-order valence-corrected chi connectivity index (χ2v) is 17.9. The Labute approximate surface area is 356 Å². The molecule has 14 nitrogen and oxygen atoms in total. The van der Waals surface area contributed by atoms with Crippen LogP contribution in [0.5, 0.6) is 0 Å². The number of hydrogen-bond acceptors (Lipinski definition) is 11. The van der Waals surface area contributed by atoms with E-state index in [0.717, 1.165) is 76.2 Å². The zero-order chi connectivity index (χ0) is 42.4. The first kappa shape index (κ1) is 39.0. The minimum atomic E-state index is -0.981. The van der Waals surface area contributed by atoms with Gasteiger partial charge in [0.05, 0.1) is 16.8 Å². The maximum Gasteiger partial charge on any atom is 0.255 e. The van der Waals surface area contributed by atoms with Crippen molar-refractivity contribution in [1.82, 2.24) is 39.5 Å². The SMILES string of the molecule is CC[C@@]1(O)CCc2ccc(-n3cc(F)c4cnc(Nc5ccc6c(c5)CCN(C5CCN(C7CN(c8cc9c(cc8F)C(=O)N(C8CCC(=O)NC8=O)C9)C7)CC5)C6)nc43)nc21. The van der Waals surface area contributed by atoms with E-state index in [9.17, 15) is 19.5 Å². The summed E-state index contributed by atoms with van der Waals surface area (Å²) < 4.78 is 32.2. The van der Waals surface area contributed by atoms with Gasteiger partial charge in [-0.15, -0.1) is 0 Å². The molecule has 0 spiro atoms. The van der Waals surface area contributed by atoms with Crippen molar-refractivity contribution in [2.75, 3.05) is 42.9 Å². The highest BCUT2D eigenvalue weighted by Crippen LogP contribution is 2.39. The third-order valence-corrected chi connectivity index (χ3v) is 14.4. The fraction of sp³-hybridized carbons (Fsp3) is 0.435. The molecule has 6 aliphatic rings. The molecule has 5 aliphatic heterocycles. The molecular weight excluding hydrogens is 795 g/mol. The van der Waals surface area contributed by atoms with Gasteiger partial charge in [0.1, 0.15) is 23.3 Å². The largest absolute Gasteiger partial charge is 0.384 e. The van der Waals surface area contributed by atoms with E-state index in [-0.39, 0.29) is 31.2 Å². The monoisotopic (exact) mass is 842 g/mol. The Morgan fingerprint density at radius 3 is 2.48 bits per heavy atom. The van der Waals surface area contributed by atoms with Crippen LogP contribution in [-0.2, 0) is 41.1 Å². The maximum absolute atomic E-state index is 15.4. The molecule has 62 heavy (non-hydrogen) atoms. The number of amides is 3. The fourth-order valence-corrected chi connectivity index (χ4v) is 10.6. The number of aryl methyl sites for hydroxylation is 1. The highest BCUT2D eigenvalue weighted by molar-refractivity contribution is 6.05. The number of fused-ring (bicyclic) bond motifs is 4. The van der Waals surface area contributed by atoms with E-state index in [1.165, 1.54) is 34.5 Å². The number of benzene rings is 2. The van der Waals surface area contributed by atoms with Gasteiger partial charge in [0.2, 0.25) is 17.8 Å². The molecule has 8 heterocycles. The number of rotatable bonds is 8. The summed E-state index contributed by atoms with van der Waals surface area (Å²) in [5.41, 5.74) is 6.04. The molecule has 320 valence electrons. The standard InChI is InChI=1S/C46H48F2N10O4/c1-2-46(62)13-9-26-4-7-39(51-41(26)46)58-25-36(48)34-20-49-45(53-42(34)58)50-30-5-3-28-21-55(14-10-27(28)17-30)31-11-15-54(16-12-31)32-23-56(24-32)38-18-29-22-57(44(61)33(29)19-35(38)47)37-6-8-40(59)52-43(37)60/h3-5,7,17-20,25,31-32,37,62H,2,6,8-16,21-24H2,1H3,(H,49,50,53)(H,52,59,60)/t37?,46-/m1/s1. The zero-order valence-electron chi connectivity index (χ0n) is 34.5. The third-order valence-electron chi connectivity index (χ3n) is 14.4. The second kappa shape index (κ2) is 14.9. The van der Waals surface area contributed by atoms with Crippen molar-refractivity contribution in [2.24, 2.45) is 0 Å². The summed E-state index contributed by atoms with van der Waals surface area (Å²) >= 11 is 0. The second-order valence-electron chi connectivity index (χ2n) is 17.9. The van der Waals surface area contributed by atoms with E-state index < -0.39 is 29.2 Å². The average Bonchev–Trinajstić information content (AvgIpc) is 3.89. The summed E-state index contributed by atoms with van der Waals surface area (Å²) in [6.45, 7) is 7.44. The van der Waals surface area contributed by atoms with E-state index in [1.807, 2.05) is 30.0 Å². The molecule has 3 saturated heterocycles. The van der Waals surface area contributed by atoms with Crippen molar-refractivity contribution in [2.45, 2.75) is 95.1 Å². The smallest absolute Gasteiger partial charge is 0.255 e. The molecule has 3 amide bonds. The summed E-state index contributed by atoms with van der Waals surface area (Å²) in [4.78, 5) is 59.8. The minimum absolute atomic E-state index is 0.176. The molecule has 0 saturated carbocycles. The van der Waals surface area contributed by atoms with Gasteiger partial charge in [0.15, 0.2) is 11.5 Å². The molecule has 3 N–H and O–H groups in total. The van der Waals surface area contributed by atoms with E-state index >= 15 is 8.78 Å². The molecule has 2 atom stereocenters. The predicted octanol–water partition coefficient (Wildman–Crippen LogP) is 4.85. The summed E-state index contributed by atoms with van der Waals surface area (Å²) in [5, 5.41) is 17.1. The van der Waals surface area contributed by atoms with E-state index in [2.05, 4.69) is 37.6 Å². The number of aliphatic hydroxyl groups is 1. The number of likely N-dealkylation sites (tertiary alicyclic amines) is 1. The summed E-state index contributed by atoms with van der Waals surface area (Å²) in [5.74, 6) is -1.19. The number of nitrogens with one attached hydrogen (secondary N) is 2. The number of anilines is 3. The molecular formula is C46H48F2N10O4. The van der Waals surface area contributed by atoms with Crippen LogP contribution in [0.2, 0.25) is 0 Å². The lowest BCUT2D eigenvalue weighted by Gasteiger charge is -2.50. The summed E-state index contributed by atoms with van der Waals surface area (Å²) in [6, 6.07) is 13.4. The van der Waals surface area contributed by atoms with Crippen LogP contribution in [0.15, 0.2) is 54.9 Å². The molecule has 0 radical (unpaired) electrons. The number of hydrogen-bond donors (Lipinski definition) is 3. The normalized spacial score (nSPS) is 23.4. The van der Waals surface area contributed by atoms with Crippen molar-refractivity contribution in [3.05, 3.63) is 100 Å². The van der Waals surface area contributed by atoms with Gasteiger partial charge in [-0.05, 0) is 97.5 Å². The topological polar surface area (TPSA) is 152 Å². The van der Waals surface area contributed by atoms with Gasteiger partial charge in [-0.25, -0.2) is 18.7 Å². The lowest BCUT2D eigenvalue weighted by molar-refractivity contribution is -0.136. The summed E-state index contributed by atoms with van der Waals surface area (Å²) in [7, 11) is 0. The molecule has 3 aromatic heterocycles. The Hall–Kier alpha value is -5.84. The summed E-state index contributed by atoms with van der Waals surface area (Å²) in [6.07, 6.45) is 8.32. The Kier molecular flexibility index (Phi) is 9.39. The van der Waals surface area contributed by atoms with Crippen LogP contribution in [0.1, 0.15) is 83.8 Å². The molecule has 16 heteroatoms. The van der Waals surface area contributed by atoms with E-state index in [0.29, 0.717) is 70.2 Å².